The van der Waals surface area contributed by atoms with Crippen LogP contribution in [0.15, 0.2) is 11.7 Å². The van der Waals surface area contributed by atoms with Gasteiger partial charge in [0, 0.05) is 19.3 Å². The zero-order valence-corrected chi connectivity index (χ0v) is 7.52. The first kappa shape index (κ1) is 9.73. The Morgan fingerprint density at radius 2 is 1.93 bits per heavy atom. The van der Waals surface area contributed by atoms with Gasteiger partial charge in [0.15, 0.2) is 11.6 Å². The second-order valence-corrected chi connectivity index (χ2v) is 3.45. The minimum Gasteiger partial charge on any atom is -0.347 e. The van der Waals surface area contributed by atoms with Crippen molar-refractivity contribution in [2.45, 2.75) is 25.0 Å². The van der Waals surface area contributed by atoms with Gasteiger partial charge in [-0.05, 0) is 0 Å². The van der Waals surface area contributed by atoms with Gasteiger partial charge in [0.05, 0.1) is 18.8 Å². The maximum absolute atomic E-state index is 12.4. The Hall–Kier alpha value is -0.810. The summed E-state index contributed by atoms with van der Waals surface area (Å²) in [5.41, 5.74) is -0.432. The number of rotatable bonds is 0. The topological polar surface area (TPSA) is 35.5 Å². The fourth-order valence-electron chi connectivity index (χ4n) is 1.83. The highest BCUT2D eigenvalue weighted by Gasteiger charge is 2.43. The average Bonchev–Trinajstić information content (AvgIpc) is 2.58. The SMILES string of the molecule is O=C1CCC2(CC1=C(F)F)OCCO2. The molecule has 1 heterocycles. The summed E-state index contributed by atoms with van der Waals surface area (Å²) in [5, 5.41) is 0. The number of carbonyl (C=O) groups is 1. The van der Waals surface area contributed by atoms with Crippen LogP contribution in [0.2, 0.25) is 0 Å². The number of hydrogen-bond donors (Lipinski definition) is 0. The van der Waals surface area contributed by atoms with Gasteiger partial charge in [-0.25, -0.2) is 0 Å². The lowest BCUT2D eigenvalue weighted by molar-refractivity contribution is -0.171. The average molecular weight is 204 g/mol. The lowest BCUT2D eigenvalue weighted by atomic mass is 9.89. The third-order valence-corrected chi connectivity index (χ3v) is 2.56. The summed E-state index contributed by atoms with van der Waals surface area (Å²) in [6, 6.07) is 0. The summed E-state index contributed by atoms with van der Waals surface area (Å²) in [6.45, 7) is 0.824. The van der Waals surface area contributed by atoms with Crippen LogP contribution in [-0.4, -0.2) is 24.8 Å². The normalized spacial score (nSPS) is 25.9. The van der Waals surface area contributed by atoms with E-state index in [0.29, 0.717) is 19.6 Å². The summed E-state index contributed by atoms with van der Waals surface area (Å²) in [7, 11) is 0. The summed E-state index contributed by atoms with van der Waals surface area (Å²) in [4.78, 5) is 11.1. The fraction of sp³-hybridized carbons (Fsp3) is 0.667. The van der Waals surface area contributed by atoms with Crippen LogP contribution in [0.25, 0.3) is 0 Å². The van der Waals surface area contributed by atoms with Crippen LogP contribution in [-0.2, 0) is 14.3 Å². The van der Waals surface area contributed by atoms with Gasteiger partial charge in [0.25, 0.3) is 6.08 Å². The maximum atomic E-state index is 12.4. The van der Waals surface area contributed by atoms with Crippen LogP contribution in [0.4, 0.5) is 8.78 Å². The van der Waals surface area contributed by atoms with Gasteiger partial charge in [0.1, 0.15) is 0 Å². The van der Waals surface area contributed by atoms with Gasteiger partial charge in [0.2, 0.25) is 0 Å². The van der Waals surface area contributed by atoms with Crippen LogP contribution in [0.1, 0.15) is 19.3 Å². The molecule has 1 aliphatic heterocycles. The van der Waals surface area contributed by atoms with Gasteiger partial charge in [-0.1, -0.05) is 0 Å². The summed E-state index contributed by atoms with van der Waals surface area (Å²) in [5.74, 6) is -1.44. The van der Waals surface area contributed by atoms with E-state index in [2.05, 4.69) is 0 Å². The molecule has 0 atom stereocenters. The maximum Gasteiger partial charge on any atom is 0.277 e. The number of ether oxygens (including phenoxy) is 2. The van der Waals surface area contributed by atoms with E-state index in [4.69, 9.17) is 9.47 Å². The van der Waals surface area contributed by atoms with E-state index < -0.39 is 23.2 Å². The molecular formula is C9H10F2O3. The number of halogens is 2. The molecule has 14 heavy (non-hydrogen) atoms. The van der Waals surface area contributed by atoms with Gasteiger partial charge in [-0.15, -0.1) is 0 Å². The molecule has 5 heteroatoms. The van der Waals surface area contributed by atoms with E-state index >= 15 is 0 Å². The Labute approximate surface area is 79.7 Å². The van der Waals surface area contributed by atoms with Crippen LogP contribution in [0.3, 0.4) is 0 Å². The van der Waals surface area contributed by atoms with E-state index in [-0.39, 0.29) is 12.8 Å². The number of hydrogen-bond acceptors (Lipinski definition) is 3. The van der Waals surface area contributed by atoms with Gasteiger partial charge in [-0.2, -0.15) is 8.78 Å². The standard InChI is InChI=1S/C9H10F2O3/c10-8(11)6-5-9(2-1-7(6)12)13-3-4-14-9/h1-5H2. The van der Waals surface area contributed by atoms with E-state index in [1.165, 1.54) is 0 Å². The van der Waals surface area contributed by atoms with Crippen molar-refractivity contribution < 1.29 is 23.0 Å². The predicted octanol–water partition coefficient (Wildman–Crippen LogP) is 1.63. The first-order valence-corrected chi connectivity index (χ1v) is 4.48. The van der Waals surface area contributed by atoms with Crippen LogP contribution < -0.4 is 0 Å². The van der Waals surface area contributed by atoms with Crippen molar-refractivity contribution in [2.75, 3.05) is 13.2 Å². The van der Waals surface area contributed by atoms with Crippen molar-refractivity contribution in [1.29, 1.82) is 0 Å². The Kier molecular flexibility index (Phi) is 2.36. The second kappa shape index (κ2) is 3.40. The minimum atomic E-state index is -1.91. The molecule has 0 unspecified atom stereocenters. The predicted molar refractivity (Wildman–Crippen MR) is 42.7 cm³/mol. The van der Waals surface area contributed by atoms with Crippen molar-refractivity contribution >= 4 is 5.78 Å². The highest BCUT2D eigenvalue weighted by molar-refractivity contribution is 5.96. The Balaban J connectivity index is 2.21. The minimum absolute atomic E-state index is 0.0761. The van der Waals surface area contributed by atoms with E-state index in [0.717, 1.165) is 0 Å². The molecule has 3 nitrogen and oxygen atoms in total. The van der Waals surface area contributed by atoms with E-state index in [1.54, 1.807) is 0 Å². The smallest absolute Gasteiger partial charge is 0.277 e. The molecule has 0 bridgehead atoms. The van der Waals surface area contributed by atoms with Crippen molar-refractivity contribution in [2.24, 2.45) is 0 Å². The number of ketones is 1. The second-order valence-electron chi connectivity index (χ2n) is 3.45. The molecular weight excluding hydrogens is 194 g/mol. The molecule has 78 valence electrons. The lowest BCUT2D eigenvalue weighted by Gasteiger charge is -2.31. The van der Waals surface area contributed by atoms with Crippen LogP contribution in [0.5, 0.6) is 0 Å². The fourth-order valence-corrected chi connectivity index (χ4v) is 1.83. The summed E-state index contributed by atoms with van der Waals surface area (Å²) < 4.78 is 35.2. The van der Waals surface area contributed by atoms with Crippen molar-refractivity contribution in [1.82, 2.24) is 0 Å². The van der Waals surface area contributed by atoms with Crippen LogP contribution >= 0.6 is 0 Å². The highest BCUT2D eigenvalue weighted by atomic mass is 19.3. The molecule has 1 spiro atoms. The molecule has 0 N–H and O–H groups in total. The molecule has 2 aliphatic rings. The third-order valence-electron chi connectivity index (χ3n) is 2.56. The van der Waals surface area contributed by atoms with Crippen molar-refractivity contribution in [3.63, 3.8) is 0 Å². The zero-order valence-electron chi connectivity index (χ0n) is 7.52. The first-order valence-electron chi connectivity index (χ1n) is 4.48. The van der Waals surface area contributed by atoms with Gasteiger partial charge >= 0.3 is 0 Å². The Bertz CT molecular complexity index is 288. The highest BCUT2D eigenvalue weighted by Crippen LogP contribution is 2.38. The number of carbonyl (C=O) groups excluding carboxylic acids is 1. The molecule has 0 aromatic rings. The van der Waals surface area contributed by atoms with Crippen molar-refractivity contribution in [3.05, 3.63) is 11.7 Å². The molecule has 2 fully saturated rings. The quantitative estimate of drug-likeness (QED) is 0.562. The summed E-state index contributed by atoms with van der Waals surface area (Å²) in [6.07, 6.45) is -1.57. The Morgan fingerprint density at radius 3 is 2.50 bits per heavy atom. The van der Waals surface area contributed by atoms with Gasteiger partial charge in [-0.3, -0.25) is 4.79 Å². The monoisotopic (exact) mass is 204 g/mol. The van der Waals surface area contributed by atoms with E-state index in [9.17, 15) is 13.6 Å². The molecule has 0 amide bonds. The Morgan fingerprint density at radius 1 is 1.29 bits per heavy atom. The molecule has 0 aromatic heterocycles. The first-order chi connectivity index (χ1) is 6.63. The molecule has 0 radical (unpaired) electrons. The molecule has 1 saturated heterocycles. The molecule has 0 aromatic carbocycles. The number of Topliss-reactive ketones (excluding diaryl/α,β-unsaturated/α-hetero) is 1. The van der Waals surface area contributed by atoms with Gasteiger partial charge < -0.3 is 9.47 Å². The largest absolute Gasteiger partial charge is 0.347 e. The molecule has 1 saturated carbocycles. The zero-order chi connectivity index (χ0) is 10.2. The van der Waals surface area contributed by atoms with E-state index in [1.807, 2.05) is 0 Å². The lowest BCUT2D eigenvalue weighted by Crippen LogP contribution is -2.36. The third kappa shape index (κ3) is 1.57. The summed E-state index contributed by atoms with van der Waals surface area (Å²) >= 11 is 0. The molecule has 1 aliphatic carbocycles. The van der Waals surface area contributed by atoms with Crippen LogP contribution in [0, 0.1) is 0 Å². The van der Waals surface area contributed by atoms with Crippen molar-refractivity contribution in [3.8, 4) is 0 Å². The molecule has 2 rings (SSSR count).